The lowest BCUT2D eigenvalue weighted by Crippen LogP contribution is -2.00. The summed E-state index contributed by atoms with van der Waals surface area (Å²) >= 11 is 0. The minimum atomic E-state index is 0.529. The van der Waals surface area contributed by atoms with Crippen molar-refractivity contribution in [1.82, 2.24) is 14.6 Å². The molecule has 0 saturated carbocycles. The first-order valence-electron chi connectivity index (χ1n) is 6.01. The second-order valence-corrected chi connectivity index (χ2v) is 4.56. The average molecular weight is 248 g/mol. The average Bonchev–Trinajstić information content (AvgIpc) is 2.77. The zero-order chi connectivity index (χ0) is 13.4. The highest BCUT2D eigenvalue weighted by molar-refractivity contribution is 5.69. The number of aryl methyl sites for hydroxylation is 2. The minimum absolute atomic E-state index is 0.529. The maximum atomic E-state index is 9.28. The highest BCUT2D eigenvalue weighted by Gasteiger charge is 2.12. The summed E-state index contributed by atoms with van der Waals surface area (Å²) in [5.41, 5.74) is 5.09. The van der Waals surface area contributed by atoms with Crippen molar-refractivity contribution in [2.45, 2.75) is 13.8 Å². The minimum Gasteiger partial charge on any atom is -0.236 e. The topological polar surface area (TPSA) is 54.0 Å². The van der Waals surface area contributed by atoms with E-state index in [9.17, 15) is 5.26 Å². The second-order valence-electron chi connectivity index (χ2n) is 4.56. The molecule has 92 valence electrons. The van der Waals surface area contributed by atoms with Crippen LogP contribution in [0.5, 0.6) is 0 Å². The van der Waals surface area contributed by atoms with Gasteiger partial charge in [0.25, 0.3) is 0 Å². The van der Waals surface area contributed by atoms with Crippen molar-refractivity contribution in [3.8, 4) is 17.3 Å². The van der Waals surface area contributed by atoms with Gasteiger partial charge in [-0.15, -0.1) is 0 Å². The molecule has 0 radical (unpaired) electrons. The van der Waals surface area contributed by atoms with Gasteiger partial charge in [-0.05, 0) is 19.9 Å². The van der Waals surface area contributed by atoms with Crippen molar-refractivity contribution in [3.05, 3.63) is 53.3 Å². The van der Waals surface area contributed by atoms with E-state index < -0.39 is 0 Å². The van der Waals surface area contributed by atoms with E-state index in [1.807, 2.05) is 44.2 Å². The lowest BCUT2D eigenvalue weighted by atomic mass is 10.1. The number of hydrogen-bond acceptors (Lipinski definition) is 3. The van der Waals surface area contributed by atoms with E-state index in [4.69, 9.17) is 0 Å². The Morgan fingerprint density at radius 2 is 2.05 bits per heavy atom. The van der Waals surface area contributed by atoms with E-state index >= 15 is 0 Å². The zero-order valence-corrected chi connectivity index (χ0v) is 10.8. The molecule has 3 rings (SSSR count). The summed E-state index contributed by atoms with van der Waals surface area (Å²) in [5, 5.41) is 13.7. The summed E-state index contributed by atoms with van der Waals surface area (Å²) in [6.45, 7) is 3.95. The first-order valence-corrected chi connectivity index (χ1v) is 6.01. The van der Waals surface area contributed by atoms with Gasteiger partial charge in [0.05, 0.1) is 17.0 Å². The van der Waals surface area contributed by atoms with E-state index in [0.717, 1.165) is 28.2 Å². The number of nitrogens with zero attached hydrogens (tertiary/aromatic N) is 4. The molecule has 0 amide bonds. The van der Waals surface area contributed by atoms with Gasteiger partial charge in [0.1, 0.15) is 6.07 Å². The Morgan fingerprint density at radius 1 is 1.21 bits per heavy atom. The van der Waals surface area contributed by atoms with Gasteiger partial charge in [-0.25, -0.2) is 9.50 Å². The van der Waals surface area contributed by atoms with Gasteiger partial charge in [-0.3, -0.25) is 0 Å². The molecule has 0 aliphatic carbocycles. The molecule has 0 atom stereocenters. The fourth-order valence-electron chi connectivity index (χ4n) is 2.20. The summed E-state index contributed by atoms with van der Waals surface area (Å²) in [4.78, 5) is 4.26. The van der Waals surface area contributed by atoms with Crippen LogP contribution < -0.4 is 0 Å². The molecule has 0 bridgehead atoms. The van der Waals surface area contributed by atoms with E-state index in [0.29, 0.717) is 5.56 Å². The summed E-state index contributed by atoms with van der Waals surface area (Å²) in [6, 6.07) is 12.1. The number of nitriles is 1. The Balaban J connectivity index is 2.40. The summed E-state index contributed by atoms with van der Waals surface area (Å²) in [6.07, 6.45) is 1.61. The number of aromatic nitrogens is 3. The summed E-state index contributed by atoms with van der Waals surface area (Å²) in [7, 11) is 0. The summed E-state index contributed by atoms with van der Waals surface area (Å²) in [5.74, 6) is 0. The molecule has 2 aromatic heterocycles. The standard InChI is InChI=1S/C15H12N4/c1-10-4-3-5-12(6-10)15-13(8-16)9-17-14-7-11(2)18-19(14)15/h3-7,9H,1-2H3. The quantitative estimate of drug-likeness (QED) is 0.665. The van der Waals surface area contributed by atoms with Crippen LogP contribution in [0.4, 0.5) is 0 Å². The van der Waals surface area contributed by atoms with Gasteiger partial charge in [0.15, 0.2) is 5.65 Å². The lowest BCUT2D eigenvalue weighted by Gasteiger charge is -2.07. The SMILES string of the molecule is Cc1cccc(-c2c(C#N)cnc3cc(C)nn23)c1. The van der Waals surface area contributed by atoms with Gasteiger partial charge >= 0.3 is 0 Å². The van der Waals surface area contributed by atoms with Crippen LogP contribution in [0.2, 0.25) is 0 Å². The van der Waals surface area contributed by atoms with Gasteiger partial charge < -0.3 is 0 Å². The third-order valence-electron chi connectivity index (χ3n) is 3.02. The van der Waals surface area contributed by atoms with Crippen LogP contribution in [0.1, 0.15) is 16.8 Å². The van der Waals surface area contributed by atoms with E-state index in [1.165, 1.54) is 0 Å². The third kappa shape index (κ3) is 1.85. The van der Waals surface area contributed by atoms with Crippen LogP contribution in [0.25, 0.3) is 16.9 Å². The number of hydrogen-bond donors (Lipinski definition) is 0. The van der Waals surface area contributed by atoms with Gasteiger partial charge in [0, 0.05) is 17.8 Å². The fourth-order valence-corrected chi connectivity index (χ4v) is 2.20. The molecule has 4 heteroatoms. The van der Waals surface area contributed by atoms with Crippen molar-refractivity contribution in [3.63, 3.8) is 0 Å². The van der Waals surface area contributed by atoms with Gasteiger partial charge in [-0.1, -0.05) is 23.8 Å². The molecular weight excluding hydrogens is 236 g/mol. The fraction of sp³-hybridized carbons (Fsp3) is 0.133. The Bertz CT molecular complexity index is 809. The monoisotopic (exact) mass is 248 g/mol. The molecule has 0 saturated heterocycles. The molecule has 0 unspecified atom stereocenters. The molecule has 4 nitrogen and oxygen atoms in total. The molecule has 19 heavy (non-hydrogen) atoms. The van der Waals surface area contributed by atoms with Crippen LogP contribution in [-0.2, 0) is 0 Å². The molecule has 0 aliphatic heterocycles. The third-order valence-corrected chi connectivity index (χ3v) is 3.02. The van der Waals surface area contributed by atoms with Crippen molar-refractivity contribution in [2.75, 3.05) is 0 Å². The molecule has 0 N–H and O–H groups in total. The predicted molar refractivity (Wildman–Crippen MR) is 72.6 cm³/mol. The number of benzene rings is 1. The van der Waals surface area contributed by atoms with Crippen molar-refractivity contribution < 1.29 is 0 Å². The van der Waals surface area contributed by atoms with E-state index in [-0.39, 0.29) is 0 Å². The highest BCUT2D eigenvalue weighted by Crippen LogP contribution is 2.24. The molecule has 2 heterocycles. The molecule has 0 fully saturated rings. The van der Waals surface area contributed by atoms with Crippen LogP contribution >= 0.6 is 0 Å². The van der Waals surface area contributed by atoms with Crippen LogP contribution in [-0.4, -0.2) is 14.6 Å². The van der Waals surface area contributed by atoms with E-state index in [1.54, 1.807) is 10.7 Å². The first kappa shape index (κ1) is 11.4. The van der Waals surface area contributed by atoms with Crippen molar-refractivity contribution in [2.24, 2.45) is 0 Å². The predicted octanol–water partition coefficient (Wildman–Crippen LogP) is 2.88. The number of rotatable bonds is 1. The van der Waals surface area contributed by atoms with Gasteiger partial charge in [0.2, 0.25) is 0 Å². The van der Waals surface area contributed by atoms with Crippen LogP contribution in [0, 0.1) is 25.2 Å². The Morgan fingerprint density at radius 3 is 2.79 bits per heavy atom. The second kappa shape index (κ2) is 4.21. The molecule has 0 spiro atoms. The Kier molecular flexibility index (Phi) is 2.53. The summed E-state index contributed by atoms with van der Waals surface area (Å²) < 4.78 is 1.74. The normalized spacial score (nSPS) is 10.6. The molecule has 3 aromatic rings. The van der Waals surface area contributed by atoms with Crippen molar-refractivity contribution in [1.29, 1.82) is 5.26 Å². The molecule has 1 aromatic carbocycles. The van der Waals surface area contributed by atoms with Crippen molar-refractivity contribution >= 4 is 5.65 Å². The number of fused-ring (bicyclic) bond motifs is 1. The van der Waals surface area contributed by atoms with Gasteiger partial charge in [-0.2, -0.15) is 10.4 Å². The van der Waals surface area contributed by atoms with Crippen LogP contribution in [0.15, 0.2) is 36.5 Å². The molecule has 0 aliphatic rings. The maximum absolute atomic E-state index is 9.28. The van der Waals surface area contributed by atoms with E-state index in [2.05, 4.69) is 16.2 Å². The zero-order valence-electron chi connectivity index (χ0n) is 10.8. The molecular formula is C15H12N4. The maximum Gasteiger partial charge on any atom is 0.155 e. The first-order chi connectivity index (χ1) is 9.19. The smallest absolute Gasteiger partial charge is 0.155 e. The lowest BCUT2D eigenvalue weighted by molar-refractivity contribution is 0.921. The largest absolute Gasteiger partial charge is 0.236 e. The highest BCUT2D eigenvalue weighted by atomic mass is 15.3. The Hall–Kier alpha value is -2.67. The van der Waals surface area contributed by atoms with Crippen LogP contribution in [0.3, 0.4) is 0 Å². The Labute approximate surface area is 111 Å².